The van der Waals surface area contributed by atoms with Crippen LogP contribution in [0.15, 0.2) is 18.2 Å². The topological polar surface area (TPSA) is 66.4 Å². The molecular formula is C12H14FNO3. The highest BCUT2D eigenvalue weighted by Gasteiger charge is 2.12. The Morgan fingerprint density at radius 3 is 2.76 bits per heavy atom. The second-order valence-corrected chi connectivity index (χ2v) is 3.69. The van der Waals surface area contributed by atoms with E-state index in [0.29, 0.717) is 12.0 Å². The number of halogens is 1. The minimum absolute atomic E-state index is 0.0136. The maximum atomic E-state index is 13.5. The molecule has 0 unspecified atom stereocenters. The lowest BCUT2D eigenvalue weighted by Crippen LogP contribution is -2.26. The van der Waals surface area contributed by atoms with Crippen LogP contribution in [-0.2, 0) is 4.79 Å². The van der Waals surface area contributed by atoms with Crippen LogP contribution in [0.1, 0.15) is 28.8 Å². The Balaban J connectivity index is 2.53. The predicted molar refractivity (Wildman–Crippen MR) is 60.3 cm³/mol. The third-order valence-electron chi connectivity index (χ3n) is 2.29. The number of hydrogen-bond donors (Lipinski definition) is 2. The molecular weight excluding hydrogens is 225 g/mol. The van der Waals surface area contributed by atoms with Crippen LogP contribution in [0.25, 0.3) is 0 Å². The van der Waals surface area contributed by atoms with Crippen molar-refractivity contribution in [3.05, 3.63) is 35.1 Å². The van der Waals surface area contributed by atoms with Crippen molar-refractivity contribution in [2.24, 2.45) is 0 Å². The van der Waals surface area contributed by atoms with Gasteiger partial charge in [0.2, 0.25) is 0 Å². The van der Waals surface area contributed by atoms with Gasteiger partial charge in [-0.25, -0.2) is 4.39 Å². The van der Waals surface area contributed by atoms with E-state index in [2.05, 4.69) is 5.32 Å². The van der Waals surface area contributed by atoms with Crippen molar-refractivity contribution < 1.29 is 19.1 Å². The molecule has 0 atom stereocenters. The number of carboxylic acid groups (broad SMARTS) is 1. The van der Waals surface area contributed by atoms with Gasteiger partial charge in [0, 0.05) is 13.0 Å². The predicted octanol–water partition coefficient (Wildman–Crippen LogP) is 1.73. The number of amides is 1. The Kier molecular flexibility index (Phi) is 4.63. The maximum Gasteiger partial charge on any atom is 0.303 e. The summed E-state index contributed by atoms with van der Waals surface area (Å²) in [6.45, 7) is 1.80. The first-order valence-electron chi connectivity index (χ1n) is 5.27. The number of carbonyl (C=O) groups is 2. The van der Waals surface area contributed by atoms with Gasteiger partial charge in [-0.2, -0.15) is 0 Å². The SMILES string of the molecule is Cc1cccc(C(=O)NCCCC(=O)O)c1F. The first kappa shape index (κ1) is 13.2. The largest absolute Gasteiger partial charge is 0.481 e. The van der Waals surface area contributed by atoms with Crippen LogP contribution in [0.2, 0.25) is 0 Å². The lowest BCUT2D eigenvalue weighted by molar-refractivity contribution is -0.137. The van der Waals surface area contributed by atoms with E-state index in [1.54, 1.807) is 19.1 Å². The Bertz CT molecular complexity index is 432. The molecule has 1 rings (SSSR count). The van der Waals surface area contributed by atoms with Gasteiger partial charge >= 0.3 is 5.97 Å². The van der Waals surface area contributed by atoms with Crippen molar-refractivity contribution in [3.63, 3.8) is 0 Å². The van der Waals surface area contributed by atoms with Gasteiger partial charge in [-0.1, -0.05) is 12.1 Å². The lowest BCUT2D eigenvalue weighted by atomic mass is 10.1. The van der Waals surface area contributed by atoms with Crippen LogP contribution >= 0.6 is 0 Å². The lowest BCUT2D eigenvalue weighted by Gasteiger charge is -2.06. The number of hydrogen-bond acceptors (Lipinski definition) is 2. The average molecular weight is 239 g/mol. The minimum atomic E-state index is -0.916. The smallest absolute Gasteiger partial charge is 0.303 e. The zero-order valence-corrected chi connectivity index (χ0v) is 9.50. The third-order valence-corrected chi connectivity index (χ3v) is 2.29. The van der Waals surface area contributed by atoms with Gasteiger partial charge in [0.05, 0.1) is 5.56 Å². The van der Waals surface area contributed by atoms with Crippen molar-refractivity contribution in [1.82, 2.24) is 5.32 Å². The molecule has 92 valence electrons. The monoisotopic (exact) mass is 239 g/mol. The molecule has 17 heavy (non-hydrogen) atoms. The first-order chi connectivity index (χ1) is 8.02. The van der Waals surface area contributed by atoms with Gasteiger partial charge in [0.25, 0.3) is 5.91 Å². The number of nitrogens with one attached hydrogen (secondary N) is 1. The van der Waals surface area contributed by atoms with E-state index < -0.39 is 17.7 Å². The van der Waals surface area contributed by atoms with Crippen LogP contribution in [0.4, 0.5) is 4.39 Å². The summed E-state index contributed by atoms with van der Waals surface area (Å²) in [5.41, 5.74) is 0.392. The molecule has 0 radical (unpaired) electrons. The summed E-state index contributed by atoms with van der Waals surface area (Å²) in [6.07, 6.45) is 0.311. The van der Waals surface area contributed by atoms with E-state index >= 15 is 0 Å². The molecule has 5 heteroatoms. The highest BCUT2D eigenvalue weighted by Crippen LogP contribution is 2.11. The summed E-state index contributed by atoms with van der Waals surface area (Å²) in [7, 11) is 0. The molecule has 0 saturated heterocycles. The van der Waals surface area contributed by atoms with Crippen LogP contribution in [-0.4, -0.2) is 23.5 Å². The van der Waals surface area contributed by atoms with Crippen molar-refractivity contribution in [3.8, 4) is 0 Å². The molecule has 4 nitrogen and oxygen atoms in total. The molecule has 1 aromatic rings. The van der Waals surface area contributed by atoms with E-state index in [-0.39, 0.29) is 18.5 Å². The number of rotatable bonds is 5. The molecule has 0 bridgehead atoms. The second-order valence-electron chi connectivity index (χ2n) is 3.69. The van der Waals surface area contributed by atoms with Gasteiger partial charge in [-0.15, -0.1) is 0 Å². The van der Waals surface area contributed by atoms with Crippen LogP contribution in [0.5, 0.6) is 0 Å². The highest BCUT2D eigenvalue weighted by atomic mass is 19.1. The number of aliphatic carboxylic acids is 1. The summed E-state index contributed by atoms with van der Waals surface area (Å²) >= 11 is 0. The summed E-state index contributed by atoms with van der Waals surface area (Å²) in [5, 5.41) is 10.9. The van der Waals surface area contributed by atoms with Crippen molar-refractivity contribution in [1.29, 1.82) is 0 Å². The number of carbonyl (C=O) groups excluding carboxylic acids is 1. The molecule has 0 aromatic heterocycles. The molecule has 0 fully saturated rings. The Morgan fingerprint density at radius 1 is 1.41 bits per heavy atom. The van der Waals surface area contributed by atoms with Crippen molar-refractivity contribution in [2.45, 2.75) is 19.8 Å². The summed E-state index contributed by atoms with van der Waals surface area (Å²) in [6, 6.07) is 4.58. The standard InChI is InChI=1S/C12H14FNO3/c1-8-4-2-5-9(11(8)13)12(17)14-7-3-6-10(15)16/h2,4-5H,3,6-7H2,1H3,(H,14,17)(H,15,16). The molecule has 0 saturated carbocycles. The molecule has 1 amide bonds. The number of benzene rings is 1. The zero-order valence-electron chi connectivity index (χ0n) is 9.50. The van der Waals surface area contributed by atoms with E-state index in [1.807, 2.05) is 0 Å². The normalized spacial score (nSPS) is 10.0. The zero-order chi connectivity index (χ0) is 12.8. The summed E-state index contributed by atoms with van der Waals surface area (Å²) in [4.78, 5) is 21.8. The van der Waals surface area contributed by atoms with E-state index in [4.69, 9.17) is 5.11 Å². The van der Waals surface area contributed by atoms with Crippen LogP contribution < -0.4 is 5.32 Å². The van der Waals surface area contributed by atoms with Gasteiger partial charge in [0.1, 0.15) is 5.82 Å². The molecule has 2 N–H and O–H groups in total. The fraction of sp³-hybridized carbons (Fsp3) is 0.333. The van der Waals surface area contributed by atoms with Crippen LogP contribution in [0.3, 0.4) is 0 Å². The van der Waals surface area contributed by atoms with Gasteiger partial charge in [-0.3, -0.25) is 9.59 Å². The fourth-order valence-corrected chi connectivity index (χ4v) is 1.36. The van der Waals surface area contributed by atoms with Gasteiger partial charge in [-0.05, 0) is 25.0 Å². The Morgan fingerprint density at radius 2 is 2.12 bits per heavy atom. The summed E-state index contributed by atoms with van der Waals surface area (Å²) in [5.74, 6) is -1.97. The Labute approximate surface area is 98.5 Å². The summed E-state index contributed by atoms with van der Waals surface area (Å²) < 4.78 is 13.5. The van der Waals surface area contributed by atoms with Gasteiger partial charge in [0.15, 0.2) is 0 Å². The molecule has 0 heterocycles. The third kappa shape index (κ3) is 3.86. The molecule has 0 spiro atoms. The van der Waals surface area contributed by atoms with Crippen LogP contribution in [0, 0.1) is 12.7 Å². The molecule has 0 aliphatic carbocycles. The van der Waals surface area contributed by atoms with E-state index in [0.717, 1.165) is 0 Å². The molecule has 0 aliphatic heterocycles. The van der Waals surface area contributed by atoms with Gasteiger partial charge < -0.3 is 10.4 Å². The number of carboxylic acids is 1. The Hall–Kier alpha value is -1.91. The quantitative estimate of drug-likeness (QED) is 0.769. The molecule has 0 aliphatic rings. The fourth-order valence-electron chi connectivity index (χ4n) is 1.36. The highest BCUT2D eigenvalue weighted by molar-refractivity contribution is 5.94. The first-order valence-corrected chi connectivity index (χ1v) is 5.27. The minimum Gasteiger partial charge on any atom is -0.481 e. The van der Waals surface area contributed by atoms with E-state index in [9.17, 15) is 14.0 Å². The van der Waals surface area contributed by atoms with E-state index in [1.165, 1.54) is 6.07 Å². The maximum absolute atomic E-state index is 13.5. The van der Waals surface area contributed by atoms with Crippen molar-refractivity contribution in [2.75, 3.05) is 6.54 Å². The van der Waals surface area contributed by atoms with Crippen molar-refractivity contribution >= 4 is 11.9 Å². The molecule has 1 aromatic carbocycles. The number of aryl methyl sites for hydroxylation is 1. The second kappa shape index (κ2) is 5.98. The average Bonchev–Trinajstić information content (AvgIpc) is 2.27.